The molecule has 2 aliphatic rings. The largest absolute Gasteiger partial charge is 0.465 e. The lowest BCUT2D eigenvalue weighted by molar-refractivity contribution is 0.0141. The van der Waals surface area contributed by atoms with E-state index in [1.165, 1.54) is 0 Å². The Bertz CT molecular complexity index is 698. The Labute approximate surface area is 118 Å². The third-order valence-corrected chi connectivity index (χ3v) is 4.24. The number of amides is 1. The highest BCUT2D eigenvalue weighted by atomic mass is 79.9. The van der Waals surface area contributed by atoms with Crippen molar-refractivity contribution in [3.63, 3.8) is 0 Å². The second-order valence-corrected chi connectivity index (χ2v) is 5.57. The standard InChI is InChI=1S/C15H10BrNO2/c16-12-7-3-4-9-8-17-14(18)10-5-1-2-6-11(10)15(17)19-13(9)12/h1-7,15H,8H2. The van der Waals surface area contributed by atoms with E-state index in [1.807, 2.05) is 42.5 Å². The molecule has 94 valence electrons. The number of halogens is 1. The van der Waals surface area contributed by atoms with Crippen LogP contribution in [0.5, 0.6) is 5.75 Å². The van der Waals surface area contributed by atoms with Crippen molar-refractivity contribution in [2.45, 2.75) is 12.8 Å². The molecular weight excluding hydrogens is 306 g/mol. The topological polar surface area (TPSA) is 29.5 Å². The summed E-state index contributed by atoms with van der Waals surface area (Å²) in [6.07, 6.45) is -0.296. The number of fused-ring (bicyclic) bond motifs is 4. The van der Waals surface area contributed by atoms with Crippen LogP contribution in [0, 0.1) is 0 Å². The van der Waals surface area contributed by atoms with E-state index in [2.05, 4.69) is 15.9 Å². The lowest BCUT2D eigenvalue weighted by Gasteiger charge is -2.32. The summed E-state index contributed by atoms with van der Waals surface area (Å²) in [6.45, 7) is 0.590. The minimum Gasteiger partial charge on any atom is -0.465 e. The third kappa shape index (κ3) is 1.46. The van der Waals surface area contributed by atoms with Gasteiger partial charge >= 0.3 is 0 Å². The summed E-state index contributed by atoms with van der Waals surface area (Å²) in [5.41, 5.74) is 2.73. The lowest BCUT2D eigenvalue weighted by atomic mass is 10.1. The van der Waals surface area contributed by atoms with E-state index >= 15 is 0 Å². The molecule has 4 rings (SSSR count). The zero-order valence-corrected chi connectivity index (χ0v) is 11.6. The molecule has 0 spiro atoms. The fourth-order valence-corrected chi connectivity index (χ4v) is 3.22. The van der Waals surface area contributed by atoms with Crippen molar-refractivity contribution in [1.29, 1.82) is 0 Å². The third-order valence-electron chi connectivity index (χ3n) is 3.62. The predicted molar refractivity (Wildman–Crippen MR) is 73.8 cm³/mol. The van der Waals surface area contributed by atoms with Gasteiger partial charge in [-0.05, 0) is 28.1 Å². The Morgan fingerprint density at radius 1 is 1.16 bits per heavy atom. The number of hydrogen-bond acceptors (Lipinski definition) is 2. The summed E-state index contributed by atoms with van der Waals surface area (Å²) in [7, 11) is 0. The molecule has 2 heterocycles. The maximum absolute atomic E-state index is 12.4. The van der Waals surface area contributed by atoms with E-state index in [0.29, 0.717) is 6.54 Å². The lowest BCUT2D eigenvalue weighted by Crippen LogP contribution is -2.34. The summed E-state index contributed by atoms with van der Waals surface area (Å²) in [5.74, 6) is 0.888. The minimum atomic E-state index is -0.296. The number of carbonyl (C=O) groups excluding carboxylic acids is 1. The van der Waals surface area contributed by atoms with Crippen molar-refractivity contribution in [3.8, 4) is 5.75 Å². The maximum atomic E-state index is 12.4. The number of ether oxygens (including phenoxy) is 1. The molecular formula is C15H10BrNO2. The molecule has 0 aliphatic carbocycles. The second-order valence-electron chi connectivity index (χ2n) is 4.72. The van der Waals surface area contributed by atoms with Crippen molar-refractivity contribution < 1.29 is 9.53 Å². The highest BCUT2D eigenvalue weighted by Gasteiger charge is 2.41. The molecule has 0 bridgehead atoms. The Morgan fingerprint density at radius 3 is 2.89 bits per heavy atom. The molecule has 3 nitrogen and oxygen atoms in total. The van der Waals surface area contributed by atoms with E-state index in [1.54, 1.807) is 4.90 Å². The van der Waals surface area contributed by atoms with Crippen LogP contribution < -0.4 is 4.74 Å². The van der Waals surface area contributed by atoms with Crippen LogP contribution in [-0.4, -0.2) is 10.8 Å². The van der Waals surface area contributed by atoms with Gasteiger partial charge in [-0.1, -0.05) is 30.3 Å². The van der Waals surface area contributed by atoms with Crippen LogP contribution in [0.15, 0.2) is 46.9 Å². The molecule has 2 aromatic rings. The number of para-hydroxylation sites is 1. The van der Waals surface area contributed by atoms with Crippen LogP contribution >= 0.6 is 15.9 Å². The number of rotatable bonds is 0. The van der Waals surface area contributed by atoms with Crippen LogP contribution in [0.2, 0.25) is 0 Å². The fourth-order valence-electron chi connectivity index (χ4n) is 2.72. The minimum absolute atomic E-state index is 0.0474. The Hall–Kier alpha value is -1.81. The maximum Gasteiger partial charge on any atom is 0.257 e. The second kappa shape index (κ2) is 3.84. The van der Waals surface area contributed by atoms with Gasteiger partial charge in [-0.25, -0.2) is 0 Å². The summed E-state index contributed by atoms with van der Waals surface area (Å²) >= 11 is 3.51. The van der Waals surface area contributed by atoms with Crippen molar-refractivity contribution in [2.24, 2.45) is 0 Å². The molecule has 1 amide bonds. The van der Waals surface area contributed by atoms with Gasteiger partial charge in [0, 0.05) is 16.7 Å². The van der Waals surface area contributed by atoms with Crippen LogP contribution in [0.4, 0.5) is 0 Å². The van der Waals surface area contributed by atoms with Gasteiger partial charge in [-0.15, -0.1) is 0 Å². The molecule has 2 aromatic carbocycles. The molecule has 2 aliphatic heterocycles. The van der Waals surface area contributed by atoms with Crippen molar-refractivity contribution >= 4 is 21.8 Å². The van der Waals surface area contributed by atoms with E-state index in [4.69, 9.17) is 4.74 Å². The van der Waals surface area contributed by atoms with Crippen LogP contribution in [0.3, 0.4) is 0 Å². The fraction of sp³-hybridized carbons (Fsp3) is 0.133. The zero-order chi connectivity index (χ0) is 13.0. The molecule has 0 N–H and O–H groups in total. The summed E-state index contributed by atoms with van der Waals surface area (Å²) in [6, 6.07) is 13.6. The first kappa shape index (κ1) is 11.1. The van der Waals surface area contributed by atoms with Crippen LogP contribution in [0.1, 0.15) is 27.7 Å². The van der Waals surface area contributed by atoms with Crippen molar-refractivity contribution in [3.05, 3.63) is 63.6 Å². The summed E-state index contributed by atoms with van der Waals surface area (Å²) < 4.78 is 6.97. The number of carbonyl (C=O) groups is 1. The van der Waals surface area contributed by atoms with E-state index in [0.717, 1.165) is 26.9 Å². The molecule has 0 saturated carbocycles. The summed E-state index contributed by atoms with van der Waals surface area (Å²) in [5, 5.41) is 0. The normalized spacial score (nSPS) is 19.5. The van der Waals surface area contributed by atoms with Gasteiger partial charge in [0.15, 0.2) is 0 Å². The molecule has 1 atom stereocenters. The Balaban J connectivity index is 1.87. The first-order valence-electron chi connectivity index (χ1n) is 6.09. The van der Waals surface area contributed by atoms with Gasteiger partial charge in [0.2, 0.25) is 6.23 Å². The molecule has 0 fully saturated rings. The first-order valence-corrected chi connectivity index (χ1v) is 6.89. The first-order chi connectivity index (χ1) is 9.25. The van der Waals surface area contributed by atoms with E-state index < -0.39 is 0 Å². The number of benzene rings is 2. The van der Waals surface area contributed by atoms with E-state index in [-0.39, 0.29) is 12.1 Å². The van der Waals surface area contributed by atoms with Gasteiger partial charge in [-0.2, -0.15) is 0 Å². The average molecular weight is 316 g/mol. The number of hydrogen-bond donors (Lipinski definition) is 0. The highest BCUT2D eigenvalue weighted by molar-refractivity contribution is 9.10. The molecule has 19 heavy (non-hydrogen) atoms. The van der Waals surface area contributed by atoms with Crippen molar-refractivity contribution in [2.75, 3.05) is 0 Å². The molecule has 1 unspecified atom stereocenters. The quantitative estimate of drug-likeness (QED) is 0.744. The Morgan fingerprint density at radius 2 is 2.00 bits per heavy atom. The van der Waals surface area contributed by atoms with Gasteiger partial charge in [0.05, 0.1) is 11.0 Å². The average Bonchev–Trinajstić information content (AvgIpc) is 2.72. The van der Waals surface area contributed by atoms with Gasteiger partial charge in [-0.3, -0.25) is 9.69 Å². The Kier molecular flexibility index (Phi) is 2.23. The molecule has 0 radical (unpaired) electrons. The molecule has 0 aromatic heterocycles. The van der Waals surface area contributed by atoms with E-state index in [9.17, 15) is 4.79 Å². The van der Waals surface area contributed by atoms with Crippen molar-refractivity contribution in [1.82, 2.24) is 4.90 Å². The van der Waals surface area contributed by atoms with Gasteiger partial charge < -0.3 is 4.74 Å². The highest BCUT2D eigenvalue weighted by Crippen LogP contribution is 2.44. The monoisotopic (exact) mass is 315 g/mol. The van der Waals surface area contributed by atoms with Crippen LogP contribution in [-0.2, 0) is 6.54 Å². The summed E-state index contributed by atoms with van der Waals surface area (Å²) in [4.78, 5) is 14.1. The van der Waals surface area contributed by atoms with Gasteiger partial charge in [0.25, 0.3) is 5.91 Å². The van der Waals surface area contributed by atoms with Gasteiger partial charge in [0.1, 0.15) is 5.75 Å². The molecule has 0 saturated heterocycles. The van der Waals surface area contributed by atoms with Crippen LogP contribution in [0.25, 0.3) is 0 Å². The number of nitrogens with zero attached hydrogens (tertiary/aromatic N) is 1. The smallest absolute Gasteiger partial charge is 0.257 e. The zero-order valence-electron chi connectivity index (χ0n) is 9.97. The predicted octanol–water partition coefficient (Wildman–Crippen LogP) is 3.50. The molecule has 4 heteroatoms. The SMILES string of the molecule is O=C1c2ccccc2C2Oc3c(Br)cccc3CN12.